The highest BCUT2D eigenvalue weighted by atomic mass is 32.2. The van der Waals surface area contributed by atoms with E-state index in [1.54, 1.807) is 24.8 Å². The van der Waals surface area contributed by atoms with E-state index in [9.17, 15) is 4.79 Å². The summed E-state index contributed by atoms with van der Waals surface area (Å²) in [6.07, 6.45) is 0. The van der Waals surface area contributed by atoms with Crippen LogP contribution in [0.15, 0.2) is 58.5 Å². The molecule has 0 radical (unpaired) electrons. The zero-order valence-corrected chi connectivity index (χ0v) is 14.4. The zero-order chi connectivity index (χ0) is 16.9. The number of thioether (sulfide) groups is 1. The Morgan fingerprint density at radius 3 is 2.54 bits per heavy atom. The zero-order valence-electron chi connectivity index (χ0n) is 13.6. The monoisotopic (exact) mass is 342 g/mol. The molecule has 1 heterocycles. The SMILES string of the molecule is COc1ccc(OCCSc2nc3ccccc3c(=O)n2C)cc1. The van der Waals surface area contributed by atoms with Gasteiger partial charge in [-0.1, -0.05) is 23.9 Å². The molecule has 0 aliphatic heterocycles. The van der Waals surface area contributed by atoms with Crippen molar-refractivity contribution in [2.45, 2.75) is 5.16 Å². The summed E-state index contributed by atoms with van der Waals surface area (Å²) in [5, 5.41) is 1.33. The molecule has 0 aliphatic carbocycles. The second-order valence-electron chi connectivity index (χ2n) is 5.15. The van der Waals surface area contributed by atoms with E-state index in [1.165, 1.54) is 11.8 Å². The third kappa shape index (κ3) is 3.54. The highest BCUT2D eigenvalue weighted by Crippen LogP contribution is 2.19. The number of nitrogens with zero attached hydrogens (tertiary/aromatic N) is 2. The molecule has 24 heavy (non-hydrogen) atoms. The Bertz CT molecular complexity index is 891. The van der Waals surface area contributed by atoms with Crippen LogP contribution >= 0.6 is 11.8 Å². The number of benzene rings is 2. The van der Waals surface area contributed by atoms with Gasteiger partial charge in [0.05, 0.1) is 24.6 Å². The number of hydrogen-bond donors (Lipinski definition) is 0. The standard InChI is InChI=1S/C18H18N2O3S/c1-20-17(21)15-5-3-4-6-16(15)19-18(20)24-12-11-23-14-9-7-13(22-2)8-10-14/h3-10H,11-12H2,1-2H3. The molecule has 2 aromatic carbocycles. The molecule has 0 bridgehead atoms. The van der Waals surface area contributed by atoms with Crippen LogP contribution in [0.2, 0.25) is 0 Å². The Balaban J connectivity index is 1.63. The van der Waals surface area contributed by atoms with Crippen molar-refractivity contribution in [3.8, 4) is 11.5 Å². The number of para-hydroxylation sites is 1. The minimum atomic E-state index is -0.0285. The molecule has 0 saturated heterocycles. The maximum absolute atomic E-state index is 12.3. The number of rotatable bonds is 6. The van der Waals surface area contributed by atoms with Crippen LogP contribution in [0.3, 0.4) is 0 Å². The van der Waals surface area contributed by atoms with Gasteiger partial charge in [0.2, 0.25) is 0 Å². The molecule has 0 fully saturated rings. The summed E-state index contributed by atoms with van der Waals surface area (Å²) in [6.45, 7) is 0.527. The summed E-state index contributed by atoms with van der Waals surface area (Å²) in [7, 11) is 3.38. The van der Waals surface area contributed by atoms with E-state index in [1.807, 2.05) is 42.5 Å². The van der Waals surface area contributed by atoms with Crippen LogP contribution in [0, 0.1) is 0 Å². The minimum Gasteiger partial charge on any atom is -0.497 e. The second-order valence-corrected chi connectivity index (χ2v) is 6.21. The predicted octanol–water partition coefficient (Wildman–Crippen LogP) is 3.11. The maximum Gasteiger partial charge on any atom is 0.261 e. The Morgan fingerprint density at radius 2 is 1.79 bits per heavy atom. The lowest BCUT2D eigenvalue weighted by atomic mass is 10.2. The van der Waals surface area contributed by atoms with E-state index >= 15 is 0 Å². The van der Waals surface area contributed by atoms with Crippen molar-refractivity contribution in [3.63, 3.8) is 0 Å². The molecule has 0 saturated carbocycles. The molecule has 5 nitrogen and oxygen atoms in total. The van der Waals surface area contributed by atoms with Gasteiger partial charge in [-0.15, -0.1) is 0 Å². The molecule has 0 atom stereocenters. The fourth-order valence-electron chi connectivity index (χ4n) is 2.29. The molecule has 124 valence electrons. The van der Waals surface area contributed by atoms with Gasteiger partial charge < -0.3 is 9.47 Å². The van der Waals surface area contributed by atoms with Crippen LogP contribution in [-0.2, 0) is 7.05 Å². The van der Waals surface area contributed by atoms with Gasteiger partial charge in [-0.2, -0.15) is 0 Å². The van der Waals surface area contributed by atoms with E-state index in [-0.39, 0.29) is 5.56 Å². The summed E-state index contributed by atoms with van der Waals surface area (Å²) in [5.74, 6) is 2.29. The topological polar surface area (TPSA) is 53.4 Å². The Morgan fingerprint density at radius 1 is 1.08 bits per heavy atom. The summed E-state index contributed by atoms with van der Waals surface area (Å²) in [5.41, 5.74) is 0.693. The maximum atomic E-state index is 12.3. The molecular weight excluding hydrogens is 324 g/mol. The molecule has 0 N–H and O–H groups in total. The lowest BCUT2D eigenvalue weighted by molar-refractivity contribution is 0.342. The summed E-state index contributed by atoms with van der Waals surface area (Å²) < 4.78 is 12.4. The first-order valence-corrected chi connectivity index (χ1v) is 8.53. The first-order chi connectivity index (χ1) is 11.7. The molecular formula is C18H18N2O3S. The molecule has 0 amide bonds. The lowest BCUT2D eigenvalue weighted by Gasteiger charge is -2.09. The van der Waals surface area contributed by atoms with E-state index in [0.717, 1.165) is 17.0 Å². The van der Waals surface area contributed by atoms with Crippen LogP contribution in [0.1, 0.15) is 0 Å². The van der Waals surface area contributed by atoms with Crippen molar-refractivity contribution in [1.82, 2.24) is 9.55 Å². The highest BCUT2D eigenvalue weighted by Gasteiger charge is 2.08. The minimum absolute atomic E-state index is 0.0285. The fourth-order valence-corrected chi connectivity index (χ4v) is 3.08. The molecule has 6 heteroatoms. The van der Waals surface area contributed by atoms with Gasteiger partial charge >= 0.3 is 0 Å². The van der Waals surface area contributed by atoms with Crippen molar-refractivity contribution in [2.24, 2.45) is 7.05 Å². The van der Waals surface area contributed by atoms with Gasteiger partial charge in [-0.3, -0.25) is 9.36 Å². The van der Waals surface area contributed by atoms with E-state index < -0.39 is 0 Å². The smallest absolute Gasteiger partial charge is 0.261 e. The Kier molecular flexibility index (Phi) is 5.05. The average molecular weight is 342 g/mol. The third-order valence-corrected chi connectivity index (χ3v) is 4.58. The van der Waals surface area contributed by atoms with Crippen LogP contribution < -0.4 is 15.0 Å². The summed E-state index contributed by atoms with van der Waals surface area (Å²) in [6, 6.07) is 14.8. The van der Waals surface area contributed by atoms with E-state index in [2.05, 4.69) is 4.98 Å². The molecule has 0 unspecified atom stereocenters. The van der Waals surface area contributed by atoms with Gasteiger partial charge in [-0.25, -0.2) is 4.98 Å². The summed E-state index contributed by atoms with van der Waals surface area (Å²) in [4.78, 5) is 16.9. The van der Waals surface area contributed by atoms with Crippen LogP contribution in [0.25, 0.3) is 10.9 Å². The molecule has 0 spiro atoms. The highest BCUT2D eigenvalue weighted by molar-refractivity contribution is 7.99. The third-order valence-electron chi connectivity index (χ3n) is 3.58. The molecule has 0 aliphatic rings. The number of fused-ring (bicyclic) bond motifs is 1. The van der Waals surface area contributed by atoms with Crippen LogP contribution in [-0.4, -0.2) is 29.0 Å². The Hall–Kier alpha value is -2.47. The summed E-state index contributed by atoms with van der Waals surface area (Å²) >= 11 is 1.51. The van der Waals surface area contributed by atoms with Crippen molar-refractivity contribution in [3.05, 3.63) is 58.9 Å². The average Bonchev–Trinajstić information content (AvgIpc) is 2.63. The van der Waals surface area contributed by atoms with Gasteiger partial charge in [0.25, 0.3) is 5.56 Å². The van der Waals surface area contributed by atoms with E-state index in [0.29, 0.717) is 22.9 Å². The van der Waals surface area contributed by atoms with Gasteiger partial charge in [-0.05, 0) is 36.4 Å². The normalized spacial score (nSPS) is 10.8. The number of hydrogen-bond acceptors (Lipinski definition) is 5. The number of aromatic nitrogens is 2. The van der Waals surface area contributed by atoms with Gasteiger partial charge in [0.15, 0.2) is 5.16 Å². The lowest BCUT2D eigenvalue weighted by Crippen LogP contribution is -2.20. The van der Waals surface area contributed by atoms with Crippen LogP contribution in [0.4, 0.5) is 0 Å². The van der Waals surface area contributed by atoms with Crippen molar-refractivity contribution in [1.29, 1.82) is 0 Å². The molecule has 3 aromatic rings. The van der Waals surface area contributed by atoms with Gasteiger partial charge in [0, 0.05) is 12.8 Å². The first-order valence-electron chi connectivity index (χ1n) is 7.54. The number of methoxy groups -OCH3 is 1. The van der Waals surface area contributed by atoms with Crippen molar-refractivity contribution in [2.75, 3.05) is 19.5 Å². The van der Waals surface area contributed by atoms with Crippen molar-refractivity contribution >= 4 is 22.7 Å². The Labute approximate surface area is 144 Å². The molecule has 1 aromatic heterocycles. The quantitative estimate of drug-likeness (QED) is 0.391. The van der Waals surface area contributed by atoms with Crippen LogP contribution in [0.5, 0.6) is 11.5 Å². The predicted molar refractivity (Wildman–Crippen MR) is 96.2 cm³/mol. The fraction of sp³-hybridized carbons (Fsp3) is 0.222. The first kappa shape index (κ1) is 16.4. The largest absolute Gasteiger partial charge is 0.497 e. The van der Waals surface area contributed by atoms with Gasteiger partial charge in [0.1, 0.15) is 11.5 Å². The van der Waals surface area contributed by atoms with Crippen molar-refractivity contribution < 1.29 is 9.47 Å². The molecule has 3 rings (SSSR count). The second kappa shape index (κ2) is 7.40. The number of ether oxygens (including phenoxy) is 2. The van der Waals surface area contributed by atoms with E-state index in [4.69, 9.17) is 9.47 Å².